The number of aromatic nitrogens is 2. The van der Waals surface area contributed by atoms with Crippen LogP contribution in [0.5, 0.6) is 5.75 Å². The van der Waals surface area contributed by atoms with Crippen molar-refractivity contribution < 1.29 is 19.1 Å². The summed E-state index contributed by atoms with van der Waals surface area (Å²) in [6, 6.07) is 7.38. The van der Waals surface area contributed by atoms with Gasteiger partial charge >= 0.3 is 5.97 Å². The third-order valence-electron chi connectivity index (χ3n) is 4.38. The van der Waals surface area contributed by atoms with Crippen molar-refractivity contribution in [2.75, 3.05) is 25.1 Å². The maximum Gasteiger partial charge on any atom is 0.310 e. The van der Waals surface area contributed by atoms with Crippen molar-refractivity contribution in [1.82, 2.24) is 14.9 Å². The Morgan fingerprint density at radius 3 is 2.81 bits per heavy atom. The van der Waals surface area contributed by atoms with Crippen LogP contribution in [0.1, 0.15) is 17.5 Å². The average molecular weight is 371 g/mol. The van der Waals surface area contributed by atoms with Gasteiger partial charge in [0.25, 0.3) is 0 Å². The highest BCUT2D eigenvalue weighted by atomic mass is 16.5. The van der Waals surface area contributed by atoms with Gasteiger partial charge in [-0.25, -0.2) is 4.98 Å². The molecule has 1 amide bonds. The molecule has 1 unspecified atom stereocenters. The van der Waals surface area contributed by atoms with Gasteiger partial charge < -0.3 is 25.8 Å². The van der Waals surface area contributed by atoms with E-state index in [9.17, 15) is 9.59 Å². The van der Waals surface area contributed by atoms with Gasteiger partial charge in [0.1, 0.15) is 18.2 Å². The lowest BCUT2D eigenvalue weighted by atomic mass is 10.1. The number of esters is 1. The van der Waals surface area contributed by atoms with Crippen LogP contribution in [0.2, 0.25) is 0 Å². The van der Waals surface area contributed by atoms with E-state index in [1.807, 2.05) is 24.3 Å². The molecule has 1 atom stereocenters. The van der Waals surface area contributed by atoms with Crippen molar-refractivity contribution in [3.05, 3.63) is 41.6 Å². The summed E-state index contributed by atoms with van der Waals surface area (Å²) in [6.07, 6.45) is 1.68. The monoisotopic (exact) mass is 371 g/mol. The zero-order chi connectivity index (χ0) is 19.4. The highest BCUT2D eigenvalue weighted by molar-refractivity contribution is 5.86. The van der Waals surface area contributed by atoms with E-state index >= 15 is 0 Å². The molecule has 1 fully saturated rings. The van der Waals surface area contributed by atoms with E-state index in [-0.39, 0.29) is 36.7 Å². The van der Waals surface area contributed by atoms with Crippen LogP contribution in [0.4, 0.5) is 11.8 Å². The number of benzene rings is 1. The van der Waals surface area contributed by atoms with Crippen molar-refractivity contribution in [1.29, 1.82) is 0 Å². The molecule has 0 spiro atoms. The maximum absolute atomic E-state index is 12.2. The molecule has 1 aliphatic rings. The Balaban J connectivity index is 1.69. The van der Waals surface area contributed by atoms with Gasteiger partial charge in [0.2, 0.25) is 11.9 Å². The predicted octanol–water partition coefficient (Wildman–Crippen LogP) is 0.742. The first kappa shape index (κ1) is 18.4. The number of hydrogen-bond donors (Lipinski definition) is 2. The zero-order valence-electron chi connectivity index (χ0n) is 14.9. The number of ether oxygens (including phenoxy) is 2. The van der Waals surface area contributed by atoms with E-state index in [1.54, 1.807) is 4.90 Å². The number of nitrogens with zero attached hydrogens (tertiary/aromatic N) is 3. The first-order chi connectivity index (χ1) is 13.0. The van der Waals surface area contributed by atoms with Crippen LogP contribution in [0.15, 0.2) is 30.5 Å². The number of nitrogens with two attached hydrogens (primary N) is 2. The lowest BCUT2D eigenvalue weighted by Gasteiger charge is -2.19. The number of likely N-dealkylation sites (tertiary alicyclic amines) is 1. The molecule has 1 aromatic carbocycles. The molecule has 4 N–H and O–H groups in total. The van der Waals surface area contributed by atoms with Crippen molar-refractivity contribution in [2.24, 2.45) is 5.92 Å². The van der Waals surface area contributed by atoms with Gasteiger partial charge in [0.15, 0.2) is 0 Å². The van der Waals surface area contributed by atoms with Crippen molar-refractivity contribution in [2.45, 2.75) is 19.6 Å². The summed E-state index contributed by atoms with van der Waals surface area (Å²) < 4.78 is 10.6. The van der Waals surface area contributed by atoms with E-state index in [1.165, 1.54) is 13.3 Å². The van der Waals surface area contributed by atoms with Crippen LogP contribution in [0.25, 0.3) is 0 Å². The summed E-state index contributed by atoms with van der Waals surface area (Å²) in [5.41, 5.74) is 12.8. The molecule has 1 aliphatic heterocycles. The molecular weight excluding hydrogens is 350 g/mol. The topological polar surface area (TPSA) is 134 Å². The molecule has 1 aromatic heterocycles. The van der Waals surface area contributed by atoms with Gasteiger partial charge in [-0.3, -0.25) is 9.59 Å². The number of hydrogen-bond acceptors (Lipinski definition) is 8. The summed E-state index contributed by atoms with van der Waals surface area (Å²) in [5, 5.41) is 0. The Labute approximate surface area is 156 Å². The van der Waals surface area contributed by atoms with Crippen LogP contribution < -0.4 is 16.2 Å². The van der Waals surface area contributed by atoms with Crippen molar-refractivity contribution in [3.63, 3.8) is 0 Å². The second kappa shape index (κ2) is 7.90. The fourth-order valence-corrected chi connectivity index (χ4v) is 2.93. The smallest absolute Gasteiger partial charge is 0.310 e. The van der Waals surface area contributed by atoms with Crippen molar-refractivity contribution >= 4 is 23.6 Å². The first-order valence-electron chi connectivity index (χ1n) is 8.41. The third-order valence-corrected chi connectivity index (χ3v) is 4.38. The molecule has 9 heteroatoms. The summed E-state index contributed by atoms with van der Waals surface area (Å²) in [5.74, 6) is 0.0934. The van der Waals surface area contributed by atoms with Crippen LogP contribution in [-0.4, -0.2) is 40.4 Å². The average Bonchev–Trinajstić information content (AvgIpc) is 3.02. The number of carbonyl (C=O) groups excluding carboxylic acids is 2. The summed E-state index contributed by atoms with van der Waals surface area (Å²) in [6.45, 7) is 0.844. The van der Waals surface area contributed by atoms with Gasteiger partial charge in [0.05, 0.1) is 18.6 Å². The van der Waals surface area contributed by atoms with E-state index < -0.39 is 5.92 Å². The second-order valence-electron chi connectivity index (χ2n) is 6.23. The predicted molar refractivity (Wildman–Crippen MR) is 97.2 cm³/mol. The molecule has 0 aliphatic carbocycles. The zero-order valence-corrected chi connectivity index (χ0v) is 14.9. The number of anilines is 2. The van der Waals surface area contributed by atoms with Crippen LogP contribution in [0, 0.1) is 5.92 Å². The van der Waals surface area contributed by atoms with Crippen molar-refractivity contribution in [3.8, 4) is 5.75 Å². The summed E-state index contributed by atoms with van der Waals surface area (Å²) in [4.78, 5) is 33.3. The van der Waals surface area contributed by atoms with E-state index in [4.69, 9.17) is 20.9 Å². The number of methoxy groups -OCH3 is 1. The van der Waals surface area contributed by atoms with Gasteiger partial charge in [0, 0.05) is 31.3 Å². The Kier molecular flexibility index (Phi) is 5.39. The Morgan fingerprint density at radius 1 is 1.30 bits per heavy atom. The van der Waals surface area contributed by atoms with E-state index in [0.717, 1.165) is 5.56 Å². The minimum atomic E-state index is -0.428. The minimum Gasteiger partial charge on any atom is -0.488 e. The van der Waals surface area contributed by atoms with Gasteiger partial charge in [-0.15, -0.1) is 0 Å². The van der Waals surface area contributed by atoms with Crippen LogP contribution >= 0.6 is 0 Å². The maximum atomic E-state index is 12.2. The van der Waals surface area contributed by atoms with E-state index in [2.05, 4.69) is 9.97 Å². The molecule has 27 heavy (non-hydrogen) atoms. The lowest BCUT2D eigenvalue weighted by molar-refractivity contribution is -0.145. The largest absolute Gasteiger partial charge is 0.488 e. The van der Waals surface area contributed by atoms with Gasteiger partial charge in [-0.2, -0.15) is 4.98 Å². The summed E-state index contributed by atoms with van der Waals surface area (Å²) in [7, 11) is 1.32. The quantitative estimate of drug-likeness (QED) is 0.710. The highest BCUT2D eigenvalue weighted by Gasteiger charge is 2.35. The normalized spacial score (nSPS) is 16.4. The van der Waals surface area contributed by atoms with Gasteiger partial charge in [-0.05, 0) is 6.07 Å². The molecule has 0 radical (unpaired) electrons. The molecule has 0 bridgehead atoms. The van der Waals surface area contributed by atoms with E-state index in [0.29, 0.717) is 24.4 Å². The first-order valence-corrected chi connectivity index (χ1v) is 8.41. The molecule has 1 saturated heterocycles. The van der Waals surface area contributed by atoms with Crippen LogP contribution in [-0.2, 0) is 27.5 Å². The number of nitrogen functional groups attached to an aromatic ring is 2. The fourth-order valence-electron chi connectivity index (χ4n) is 2.93. The Bertz CT molecular complexity index is 857. The Morgan fingerprint density at radius 2 is 2.07 bits per heavy atom. The standard InChI is InChI=1S/C18H21N5O4/c1-26-17(25)12-6-15(24)23(9-12)8-11-4-2-3-5-14(11)27-10-13-7-21-18(20)22-16(13)19/h2-5,7,12H,6,8-10H2,1H3,(H4,19,20,21,22). The third kappa shape index (κ3) is 4.25. The highest BCUT2D eigenvalue weighted by Crippen LogP contribution is 2.26. The second-order valence-corrected chi connectivity index (χ2v) is 6.23. The molecule has 142 valence electrons. The number of carbonyl (C=O) groups is 2. The number of amides is 1. The molecule has 3 rings (SSSR count). The fraction of sp³-hybridized carbons (Fsp3) is 0.333. The molecule has 0 saturated carbocycles. The lowest BCUT2D eigenvalue weighted by Crippen LogP contribution is -2.26. The minimum absolute atomic E-state index is 0.0867. The molecular formula is C18H21N5O4. The molecule has 2 heterocycles. The molecule has 9 nitrogen and oxygen atoms in total. The Hall–Kier alpha value is -3.36. The summed E-state index contributed by atoms with van der Waals surface area (Å²) >= 11 is 0. The number of para-hydroxylation sites is 1. The molecule has 2 aromatic rings. The van der Waals surface area contributed by atoms with Crippen LogP contribution in [0.3, 0.4) is 0 Å². The van der Waals surface area contributed by atoms with Gasteiger partial charge in [-0.1, -0.05) is 18.2 Å². The number of rotatable bonds is 6. The SMILES string of the molecule is COC(=O)C1CC(=O)N(Cc2ccccc2OCc2cnc(N)nc2N)C1.